The maximum atomic E-state index is 4.48. The fourth-order valence-corrected chi connectivity index (χ4v) is 2.17. The first-order valence-corrected chi connectivity index (χ1v) is 7.50. The van der Waals surface area contributed by atoms with Crippen molar-refractivity contribution < 1.29 is 0 Å². The van der Waals surface area contributed by atoms with E-state index in [1.807, 2.05) is 18.2 Å². The van der Waals surface area contributed by atoms with Gasteiger partial charge in [0.1, 0.15) is 0 Å². The second-order valence-corrected chi connectivity index (χ2v) is 7.46. The molecule has 118 valence electrons. The van der Waals surface area contributed by atoms with Gasteiger partial charge in [0.25, 0.3) is 0 Å². The van der Waals surface area contributed by atoms with Gasteiger partial charge in [0.05, 0.1) is 6.20 Å². The first-order chi connectivity index (χ1) is 10.1. The van der Waals surface area contributed by atoms with Gasteiger partial charge in [-0.15, -0.1) is 5.10 Å². The maximum absolute atomic E-state index is 4.48. The van der Waals surface area contributed by atoms with E-state index in [4.69, 9.17) is 0 Å². The molecule has 1 heterocycles. The highest BCUT2D eigenvalue weighted by Gasteiger charge is 2.18. The topological polar surface area (TPSA) is 62.7 Å². The molecular weight excluding hydrogens is 274 g/mol. The molecule has 0 spiro atoms. The lowest BCUT2D eigenvalue weighted by Crippen LogP contribution is -2.27. The van der Waals surface area contributed by atoms with Crippen LogP contribution in [0.25, 0.3) is 0 Å². The standard InChI is InChI=1S/C17H25N5/c1-16(2,3)12-9-7-8-10-13(12)19-15-20-14(11-18-22-15)21-17(4,5)6/h7-11H,1-6H3,(H2,19,20,21,22). The molecule has 0 fully saturated rings. The van der Waals surface area contributed by atoms with Crippen LogP contribution in [0.3, 0.4) is 0 Å². The zero-order valence-corrected chi connectivity index (χ0v) is 14.2. The normalized spacial score (nSPS) is 12.1. The SMILES string of the molecule is CC(C)(C)Nc1cnnc(Nc2ccccc2C(C)(C)C)n1. The van der Waals surface area contributed by atoms with Crippen molar-refractivity contribution in [2.75, 3.05) is 10.6 Å². The summed E-state index contributed by atoms with van der Waals surface area (Å²) in [6.07, 6.45) is 1.63. The highest BCUT2D eigenvalue weighted by molar-refractivity contribution is 5.61. The van der Waals surface area contributed by atoms with Crippen LogP contribution in [0, 0.1) is 0 Å². The van der Waals surface area contributed by atoms with Gasteiger partial charge < -0.3 is 10.6 Å². The quantitative estimate of drug-likeness (QED) is 0.892. The molecule has 0 unspecified atom stereocenters. The van der Waals surface area contributed by atoms with Crippen molar-refractivity contribution in [2.45, 2.75) is 52.5 Å². The zero-order chi connectivity index (χ0) is 16.4. The van der Waals surface area contributed by atoms with Gasteiger partial charge in [0.15, 0.2) is 5.82 Å². The first kappa shape index (κ1) is 16.2. The second kappa shape index (κ2) is 5.91. The van der Waals surface area contributed by atoms with Gasteiger partial charge in [-0.1, -0.05) is 39.0 Å². The molecule has 0 saturated carbocycles. The molecule has 2 rings (SSSR count). The summed E-state index contributed by atoms with van der Waals surface area (Å²) >= 11 is 0. The summed E-state index contributed by atoms with van der Waals surface area (Å²) in [5, 5.41) is 14.7. The van der Waals surface area contributed by atoms with E-state index in [0.717, 1.165) is 5.69 Å². The van der Waals surface area contributed by atoms with Crippen molar-refractivity contribution in [2.24, 2.45) is 0 Å². The molecular formula is C17H25N5. The summed E-state index contributed by atoms with van der Waals surface area (Å²) in [6.45, 7) is 12.8. The van der Waals surface area contributed by atoms with E-state index in [1.54, 1.807) is 6.20 Å². The van der Waals surface area contributed by atoms with Gasteiger partial charge in [0, 0.05) is 11.2 Å². The van der Waals surface area contributed by atoms with Crippen molar-refractivity contribution in [1.82, 2.24) is 15.2 Å². The number of hydrogen-bond donors (Lipinski definition) is 2. The Morgan fingerprint density at radius 2 is 1.64 bits per heavy atom. The maximum Gasteiger partial charge on any atom is 0.249 e. The molecule has 2 aromatic rings. The van der Waals surface area contributed by atoms with Gasteiger partial charge in [0.2, 0.25) is 5.95 Å². The number of benzene rings is 1. The summed E-state index contributed by atoms with van der Waals surface area (Å²) in [6, 6.07) is 8.20. The molecule has 5 nitrogen and oxygen atoms in total. The Kier molecular flexibility index (Phi) is 4.35. The van der Waals surface area contributed by atoms with Crippen LogP contribution in [0.4, 0.5) is 17.5 Å². The average molecular weight is 299 g/mol. The highest BCUT2D eigenvalue weighted by atomic mass is 15.3. The lowest BCUT2D eigenvalue weighted by atomic mass is 9.86. The highest BCUT2D eigenvalue weighted by Crippen LogP contribution is 2.30. The van der Waals surface area contributed by atoms with Crippen LogP contribution in [-0.4, -0.2) is 20.7 Å². The van der Waals surface area contributed by atoms with Crippen LogP contribution in [0.2, 0.25) is 0 Å². The molecule has 0 aliphatic rings. The van der Waals surface area contributed by atoms with Crippen LogP contribution in [0.1, 0.15) is 47.1 Å². The van der Waals surface area contributed by atoms with E-state index in [2.05, 4.69) is 73.4 Å². The van der Waals surface area contributed by atoms with Gasteiger partial charge >= 0.3 is 0 Å². The molecule has 2 N–H and O–H groups in total. The van der Waals surface area contributed by atoms with E-state index in [9.17, 15) is 0 Å². The van der Waals surface area contributed by atoms with Crippen LogP contribution < -0.4 is 10.6 Å². The van der Waals surface area contributed by atoms with Gasteiger partial charge in [-0.05, 0) is 37.8 Å². The van der Waals surface area contributed by atoms with E-state index in [-0.39, 0.29) is 11.0 Å². The Balaban J connectivity index is 2.27. The summed E-state index contributed by atoms with van der Waals surface area (Å²) in [7, 11) is 0. The minimum Gasteiger partial charge on any atom is -0.364 e. The molecule has 1 aromatic carbocycles. The molecule has 0 aliphatic carbocycles. The Hall–Kier alpha value is -2.17. The average Bonchev–Trinajstić information content (AvgIpc) is 2.36. The summed E-state index contributed by atoms with van der Waals surface area (Å²) in [5.41, 5.74) is 2.19. The molecule has 0 atom stereocenters. The number of hydrogen-bond acceptors (Lipinski definition) is 5. The van der Waals surface area contributed by atoms with Crippen LogP contribution in [0.15, 0.2) is 30.5 Å². The van der Waals surface area contributed by atoms with E-state index >= 15 is 0 Å². The molecule has 1 aromatic heterocycles. The van der Waals surface area contributed by atoms with Crippen LogP contribution >= 0.6 is 0 Å². The third-order valence-corrected chi connectivity index (χ3v) is 3.04. The molecule has 0 aliphatic heterocycles. The molecule has 0 radical (unpaired) electrons. The second-order valence-electron chi connectivity index (χ2n) is 7.46. The lowest BCUT2D eigenvalue weighted by Gasteiger charge is -2.23. The fraction of sp³-hybridized carbons (Fsp3) is 0.471. The van der Waals surface area contributed by atoms with Crippen molar-refractivity contribution in [1.29, 1.82) is 0 Å². The summed E-state index contributed by atoms with van der Waals surface area (Å²) in [4.78, 5) is 4.48. The third-order valence-electron chi connectivity index (χ3n) is 3.04. The van der Waals surface area contributed by atoms with Crippen LogP contribution in [-0.2, 0) is 5.41 Å². The molecule has 5 heteroatoms. The third kappa shape index (κ3) is 4.41. The number of para-hydroxylation sites is 1. The smallest absolute Gasteiger partial charge is 0.249 e. The number of anilines is 3. The minimum absolute atomic E-state index is 0.0400. The minimum atomic E-state index is -0.0728. The summed E-state index contributed by atoms with van der Waals surface area (Å²) < 4.78 is 0. The lowest BCUT2D eigenvalue weighted by molar-refractivity contribution is 0.592. The fourth-order valence-electron chi connectivity index (χ4n) is 2.17. The van der Waals surface area contributed by atoms with Gasteiger partial charge in [-0.25, -0.2) is 0 Å². The Bertz CT molecular complexity index is 638. The Labute approximate surface area is 132 Å². The zero-order valence-electron chi connectivity index (χ0n) is 14.2. The molecule has 0 amide bonds. The Morgan fingerprint density at radius 3 is 2.27 bits per heavy atom. The first-order valence-electron chi connectivity index (χ1n) is 7.50. The monoisotopic (exact) mass is 299 g/mol. The van der Waals surface area contributed by atoms with Crippen molar-refractivity contribution in [3.8, 4) is 0 Å². The van der Waals surface area contributed by atoms with E-state index in [1.165, 1.54) is 5.56 Å². The predicted molar refractivity (Wildman–Crippen MR) is 91.6 cm³/mol. The number of nitrogens with one attached hydrogen (secondary N) is 2. The molecule has 0 bridgehead atoms. The molecule has 0 saturated heterocycles. The van der Waals surface area contributed by atoms with Gasteiger partial charge in [-0.2, -0.15) is 10.1 Å². The summed E-state index contributed by atoms with van der Waals surface area (Å²) in [5.74, 6) is 1.20. The predicted octanol–water partition coefficient (Wildman–Crippen LogP) is 4.12. The van der Waals surface area contributed by atoms with E-state index in [0.29, 0.717) is 11.8 Å². The van der Waals surface area contributed by atoms with Crippen molar-refractivity contribution in [3.63, 3.8) is 0 Å². The number of aromatic nitrogens is 3. The number of nitrogens with zero attached hydrogens (tertiary/aromatic N) is 3. The van der Waals surface area contributed by atoms with Crippen molar-refractivity contribution >= 4 is 17.5 Å². The molecule has 22 heavy (non-hydrogen) atoms. The number of rotatable bonds is 3. The van der Waals surface area contributed by atoms with E-state index < -0.39 is 0 Å². The Morgan fingerprint density at radius 1 is 0.955 bits per heavy atom. The van der Waals surface area contributed by atoms with Crippen LogP contribution in [0.5, 0.6) is 0 Å². The van der Waals surface area contributed by atoms with Gasteiger partial charge in [-0.3, -0.25) is 0 Å². The largest absolute Gasteiger partial charge is 0.364 e. The van der Waals surface area contributed by atoms with Crippen molar-refractivity contribution in [3.05, 3.63) is 36.0 Å².